The standard InChI is InChI=1S/C18H24N4O4S/c1-14-12-16(20-26-14)19-17(23)13-22(18(24)15-4-2-11-27-15)6-3-5-21-7-9-25-10-8-21/h2,4,11-12H,3,5-10,13H2,1H3,(H,19,20,23)/p+1. The molecule has 1 fully saturated rings. The molecule has 2 N–H and O–H groups in total. The SMILES string of the molecule is Cc1cc(NC(=O)CN(CCC[NH+]2CCOCC2)C(=O)c2cccs2)no1. The van der Waals surface area contributed by atoms with E-state index in [4.69, 9.17) is 9.26 Å². The lowest BCUT2D eigenvalue weighted by atomic mass is 10.3. The van der Waals surface area contributed by atoms with E-state index in [1.54, 1.807) is 24.0 Å². The minimum atomic E-state index is -0.285. The lowest BCUT2D eigenvalue weighted by Gasteiger charge is -2.26. The van der Waals surface area contributed by atoms with E-state index in [1.165, 1.54) is 16.2 Å². The fourth-order valence-electron chi connectivity index (χ4n) is 3.02. The Bertz CT molecular complexity index is 740. The number of carbonyl (C=O) groups excluding carboxylic acids is 2. The number of morpholine rings is 1. The van der Waals surface area contributed by atoms with Gasteiger partial charge in [0.05, 0.1) is 24.6 Å². The summed E-state index contributed by atoms with van der Waals surface area (Å²) in [6.45, 7) is 6.79. The fourth-order valence-corrected chi connectivity index (χ4v) is 3.71. The van der Waals surface area contributed by atoms with Crippen LogP contribution in [0.5, 0.6) is 0 Å². The highest BCUT2D eigenvalue weighted by atomic mass is 32.1. The first kappa shape index (κ1) is 19.5. The number of ether oxygens (including phenoxy) is 1. The summed E-state index contributed by atoms with van der Waals surface area (Å²) in [5.41, 5.74) is 0. The van der Waals surface area contributed by atoms with Crippen molar-refractivity contribution < 1.29 is 23.7 Å². The van der Waals surface area contributed by atoms with Crippen LogP contribution in [0.3, 0.4) is 0 Å². The normalized spacial score (nSPS) is 14.9. The van der Waals surface area contributed by atoms with Crippen molar-refractivity contribution in [2.45, 2.75) is 13.3 Å². The number of aromatic nitrogens is 1. The van der Waals surface area contributed by atoms with Gasteiger partial charge in [-0.15, -0.1) is 11.3 Å². The summed E-state index contributed by atoms with van der Waals surface area (Å²) < 4.78 is 10.3. The lowest BCUT2D eigenvalue weighted by Crippen LogP contribution is -3.14. The molecule has 3 heterocycles. The third-order valence-corrected chi connectivity index (χ3v) is 5.27. The topological polar surface area (TPSA) is 89.1 Å². The fraction of sp³-hybridized carbons (Fsp3) is 0.500. The third-order valence-electron chi connectivity index (χ3n) is 4.41. The van der Waals surface area contributed by atoms with E-state index in [-0.39, 0.29) is 18.4 Å². The van der Waals surface area contributed by atoms with Crippen molar-refractivity contribution in [1.82, 2.24) is 10.1 Å². The zero-order chi connectivity index (χ0) is 19.1. The second-order valence-electron chi connectivity index (χ2n) is 6.54. The number of thiophene rings is 1. The molecule has 0 spiro atoms. The summed E-state index contributed by atoms with van der Waals surface area (Å²) in [6, 6.07) is 5.27. The van der Waals surface area contributed by atoms with Gasteiger partial charge in [0.2, 0.25) is 5.91 Å². The van der Waals surface area contributed by atoms with Gasteiger partial charge in [0.1, 0.15) is 25.4 Å². The predicted molar refractivity (Wildman–Crippen MR) is 101 cm³/mol. The van der Waals surface area contributed by atoms with Crippen LogP contribution in [0.2, 0.25) is 0 Å². The molecule has 0 aliphatic carbocycles. The molecule has 2 amide bonds. The molecule has 1 aliphatic rings. The molecular formula is C18H25N4O4S+. The summed E-state index contributed by atoms with van der Waals surface area (Å²) in [4.78, 5) is 28.9. The maximum atomic E-state index is 12.8. The second-order valence-corrected chi connectivity index (χ2v) is 7.49. The Kier molecular flexibility index (Phi) is 6.97. The number of aryl methyl sites for hydroxylation is 1. The molecule has 3 rings (SSSR count). The van der Waals surface area contributed by atoms with Crippen molar-refractivity contribution in [3.8, 4) is 0 Å². The van der Waals surface area contributed by atoms with E-state index in [9.17, 15) is 9.59 Å². The van der Waals surface area contributed by atoms with E-state index < -0.39 is 0 Å². The molecule has 0 aromatic carbocycles. The molecular weight excluding hydrogens is 368 g/mol. The molecule has 0 atom stereocenters. The lowest BCUT2D eigenvalue weighted by molar-refractivity contribution is -0.908. The molecule has 2 aromatic rings. The molecule has 0 saturated carbocycles. The third kappa shape index (κ3) is 5.88. The van der Waals surface area contributed by atoms with Gasteiger partial charge in [0.15, 0.2) is 5.82 Å². The van der Waals surface area contributed by atoms with Gasteiger partial charge in [-0.05, 0) is 18.4 Å². The number of nitrogens with zero attached hydrogens (tertiary/aromatic N) is 2. The molecule has 0 unspecified atom stereocenters. The molecule has 9 heteroatoms. The number of amides is 2. The van der Waals surface area contributed by atoms with Crippen LogP contribution in [0.4, 0.5) is 5.82 Å². The molecule has 2 aromatic heterocycles. The van der Waals surface area contributed by atoms with Gasteiger partial charge in [0, 0.05) is 19.0 Å². The Morgan fingerprint density at radius 3 is 2.85 bits per heavy atom. The summed E-state index contributed by atoms with van der Waals surface area (Å²) in [5, 5.41) is 8.30. The Balaban J connectivity index is 1.56. The van der Waals surface area contributed by atoms with Gasteiger partial charge < -0.3 is 24.4 Å². The van der Waals surface area contributed by atoms with Crippen molar-refractivity contribution in [3.05, 3.63) is 34.2 Å². The minimum absolute atomic E-state index is 0.0128. The summed E-state index contributed by atoms with van der Waals surface area (Å²) in [6.07, 6.45) is 0.836. The molecule has 0 bridgehead atoms. The summed E-state index contributed by atoms with van der Waals surface area (Å²) >= 11 is 1.38. The smallest absolute Gasteiger partial charge is 0.264 e. The molecule has 27 heavy (non-hydrogen) atoms. The zero-order valence-corrected chi connectivity index (χ0v) is 16.2. The number of quaternary nitrogens is 1. The van der Waals surface area contributed by atoms with Gasteiger partial charge in [-0.1, -0.05) is 11.2 Å². The van der Waals surface area contributed by atoms with Crippen molar-refractivity contribution >= 4 is 29.0 Å². The van der Waals surface area contributed by atoms with Crippen LogP contribution >= 0.6 is 11.3 Å². The van der Waals surface area contributed by atoms with E-state index in [2.05, 4.69) is 10.5 Å². The average molecular weight is 393 g/mol. The number of carbonyl (C=O) groups is 2. The molecule has 1 aliphatic heterocycles. The van der Waals surface area contributed by atoms with Crippen molar-refractivity contribution in [2.75, 3.05) is 51.3 Å². The largest absolute Gasteiger partial charge is 0.370 e. The van der Waals surface area contributed by atoms with Crippen LogP contribution in [0.25, 0.3) is 0 Å². The maximum Gasteiger partial charge on any atom is 0.264 e. The average Bonchev–Trinajstić information content (AvgIpc) is 3.33. The van der Waals surface area contributed by atoms with E-state index in [0.717, 1.165) is 39.3 Å². The monoisotopic (exact) mass is 393 g/mol. The molecule has 8 nitrogen and oxygen atoms in total. The number of anilines is 1. The van der Waals surface area contributed by atoms with Crippen LogP contribution in [0.1, 0.15) is 21.9 Å². The number of hydrogen-bond acceptors (Lipinski definition) is 6. The number of nitrogens with one attached hydrogen (secondary N) is 2. The van der Waals surface area contributed by atoms with Crippen LogP contribution in [-0.2, 0) is 9.53 Å². The summed E-state index contributed by atoms with van der Waals surface area (Å²) in [7, 11) is 0. The molecule has 1 saturated heterocycles. The highest BCUT2D eigenvalue weighted by Gasteiger charge is 2.21. The van der Waals surface area contributed by atoms with E-state index in [1.807, 2.05) is 11.4 Å². The van der Waals surface area contributed by atoms with Gasteiger partial charge in [-0.2, -0.15) is 0 Å². The number of hydrogen-bond donors (Lipinski definition) is 2. The maximum absolute atomic E-state index is 12.8. The second kappa shape index (κ2) is 9.63. The van der Waals surface area contributed by atoms with E-state index in [0.29, 0.717) is 23.0 Å². The van der Waals surface area contributed by atoms with Crippen LogP contribution in [0.15, 0.2) is 28.1 Å². The van der Waals surface area contributed by atoms with Gasteiger partial charge in [-0.25, -0.2) is 0 Å². The van der Waals surface area contributed by atoms with Gasteiger partial charge in [-0.3, -0.25) is 9.59 Å². The van der Waals surface area contributed by atoms with E-state index >= 15 is 0 Å². The van der Waals surface area contributed by atoms with Gasteiger partial charge >= 0.3 is 0 Å². The zero-order valence-electron chi connectivity index (χ0n) is 15.4. The molecule has 146 valence electrons. The Labute approximate surface area is 162 Å². The molecule has 0 radical (unpaired) electrons. The summed E-state index contributed by atoms with van der Waals surface area (Å²) in [5.74, 6) is 0.574. The highest BCUT2D eigenvalue weighted by molar-refractivity contribution is 7.12. The van der Waals surface area contributed by atoms with Crippen LogP contribution in [-0.4, -0.2) is 67.8 Å². The minimum Gasteiger partial charge on any atom is -0.370 e. The first-order valence-corrected chi connectivity index (χ1v) is 9.97. The van der Waals surface area contributed by atoms with Crippen molar-refractivity contribution in [3.63, 3.8) is 0 Å². The Hall–Kier alpha value is -2.23. The Morgan fingerprint density at radius 1 is 1.37 bits per heavy atom. The van der Waals surface area contributed by atoms with Crippen molar-refractivity contribution in [2.24, 2.45) is 0 Å². The quantitative estimate of drug-likeness (QED) is 0.679. The Morgan fingerprint density at radius 2 is 2.19 bits per heavy atom. The van der Waals surface area contributed by atoms with Gasteiger partial charge in [0.25, 0.3) is 5.91 Å². The number of rotatable bonds is 8. The van der Waals surface area contributed by atoms with Crippen LogP contribution in [0, 0.1) is 6.92 Å². The first-order valence-electron chi connectivity index (χ1n) is 9.09. The van der Waals surface area contributed by atoms with Crippen molar-refractivity contribution in [1.29, 1.82) is 0 Å². The predicted octanol–water partition coefficient (Wildman–Crippen LogP) is 0.431. The highest BCUT2D eigenvalue weighted by Crippen LogP contribution is 2.13. The van der Waals surface area contributed by atoms with Crippen LogP contribution < -0.4 is 10.2 Å². The first-order chi connectivity index (χ1) is 13.1.